The molecule has 0 saturated heterocycles. The van der Waals surface area contributed by atoms with Gasteiger partial charge in [-0.05, 0) is 57.4 Å². The molecule has 0 saturated carbocycles. The van der Waals surface area contributed by atoms with Crippen molar-refractivity contribution in [2.75, 3.05) is 30.3 Å². The molecule has 9 N–H and O–H groups in total. The molecule has 262 valence electrons. The summed E-state index contributed by atoms with van der Waals surface area (Å²) < 4.78 is 13.0. The number of nitrogens with two attached hydrogens (primary N) is 2. The van der Waals surface area contributed by atoms with Gasteiger partial charge in [0.05, 0.1) is 29.7 Å². The van der Waals surface area contributed by atoms with Gasteiger partial charge in [-0.1, -0.05) is 30.3 Å². The van der Waals surface area contributed by atoms with Gasteiger partial charge in [0.25, 0.3) is 0 Å². The molecule has 1 atom stereocenters. The van der Waals surface area contributed by atoms with Gasteiger partial charge in [-0.25, -0.2) is 19.6 Å². The van der Waals surface area contributed by atoms with Gasteiger partial charge in [0.15, 0.2) is 5.82 Å². The first kappa shape index (κ1) is 36.5. The fraction of sp³-hybridized carbons (Fsp3) is 0.394. The molecule has 49 heavy (non-hydrogen) atoms. The van der Waals surface area contributed by atoms with Crippen LogP contribution in [0.2, 0.25) is 0 Å². The maximum atomic E-state index is 13.0. The molecule has 0 radical (unpaired) electrons. The minimum absolute atomic E-state index is 0.0818. The van der Waals surface area contributed by atoms with Gasteiger partial charge >= 0.3 is 12.1 Å². The first-order valence-corrected chi connectivity index (χ1v) is 15.8. The zero-order valence-electron chi connectivity index (χ0n) is 27.7. The molecule has 0 spiro atoms. The van der Waals surface area contributed by atoms with Crippen molar-refractivity contribution < 1.29 is 33.8 Å². The summed E-state index contributed by atoms with van der Waals surface area (Å²) in [6.07, 6.45) is -0.124. The molecule has 1 unspecified atom stereocenters. The number of hydrogen-bond donors (Lipinski definition) is 7. The smallest absolute Gasteiger partial charge is 0.413 e. The lowest BCUT2D eigenvalue weighted by atomic mass is 10.1. The second-order valence-electron chi connectivity index (χ2n) is 11.9. The van der Waals surface area contributed by atoms with Crippen molar-refractivity contribution in [2.24, 2.45) is 11.5 Å². The van der Waals surface area contributed by atoms with E-state index in [4.69, 9.17) is 25.9 Å². The number of urea groups is 1. The summed E-state index contributed by atoms with van der Waals surface area (Å²) in [6.45, 7) is 6.07. The Balaban J connectivity index is 1.44. The van der Waals surface area contributed by atoms with Crippen LogP contribution in [-0.2, 0) is 38.8 Å². The first-order valence-electron chi connectivity index (χ1n) is 15.8. The third-order valence-corrected chi connectivity index (χ3v) is 7.26. The monoisotopic (exact) mass is 677 g/mol. The number of aliphatic hydroxyl groups is 1. The van der Waals surface area contributed by atoms with E-state index >= 15 is 0 Å². The Morgan fingerprint density at radius 3 is 2.43 bits per heavy atom. The van der Waals surface area contributed by atoms with Crippen LogP contribution in [0.25, 0.3) is 21.9 Å². The maximum absolute atomic E-state index is 13.0. The largest absolute Gasteiger partial charge is 0.444 e. The van der Waals surface area contributed by atoms with Crippen molar-refractivity contribution in [1.29, 1.82) is 0 Å². The number of benzene rings is 2. The Hall–Kier alpha value is -5.32. The van der Waals surface area contributed by atoms with Crippen LogP contribution in [0.3, 0.4) is 0 Å². The van der Waals surface area contributed by atoms with Gasteiger partial charge in [-0.15, -0.1) is 0 Å². The van der Waals surface area contributed by atoms with Crippen LogP contribution < -0.4 is 32.7 Å². The van der Waals surface area contributed by atoms with E-state index in [1.165, 1.54) is 0 Å². The average Bonchev–Trinajstić information content (AvgIpc) is 3.41. The molecule has 0 aliphatic carbocycles. The Labute approximate surface area is 282 Å². The fourth-order valence-corrected chi connectivity index (χ4v) is 5.07. The number of amides is 5. The van der Waals surface area contributed by atoms with Crippen molar-refractivity contribution in [3.8, 4) is 0 Å². The zero-order valence-corrected chi connectivity index (χ0v) is 27.7. The molecule has 16 nitrogen and oxygen atoms in total. The molecule has 4 aromatic rings. The van der Waals surface area contributed by atoms with Crippen molar-refractivity contribution >= 4 is 57.4 Å². The number of rotatable bonds is 16. The van der Waals surface area contributed by atoms with Crippen LogP contribution >= 0.6 is 0 Å². The highest BCUT2D eigenvalue weighted by atomic mass is 16.5. The summed E-state index contributed by atoms with van der Waals surface area (Å²) in [4.78, 5) is 58.1. The van der Waals surface area contributed by atoms with Crippen molar-refractivity contribution in [3.63, 3.8) is 0 Å². The molecule has 0 fully saturated rings. The minimum Gasteiger partial charge on any atom is -0.444 e. The summed E-state index contributed by atoms with van der Waals surface area (Å²) in [5, 5.41) is 22.0. The number of imidazole rings is 1. The van der Waals surface area contributed by atoms with Gasteiger partial charge < -0.3 is 46.6 Å². The molecule has 0 aliphatic rings. The Morgan fingerprint density at radius 1 is 1.02 bits per heavy atom. The highest BCUT2D eigenvalue weighted by molar-refractivity contribution is 6.09. The SMILES string of the molecule is CCOCc1nc2c(NC(=O)OCc3ccc(NC(=O)C(CCCNC(N)=O)NC(=O)CN)cc3)nc3ccccc3c2n1CC(C)(C)O. The summed E-state index contributed by atoms with van der Waals surface area (Å²) in [5.41, 5.74) is 12.2. The molecule has 2 heterocycles. The van der Waals surface area contributed by atoms with E-state index < -0.39 is 35.6 Å². The molecule has 5 amide bonds. The predicted molar refractivity (Wildman–Crippen MR) is 183 cm³/mol. The second-order valence-corrected chi connectivity index (χ2v) is 11.9. The van der Waals surface area contributed by atoms with E-state index in [9.17, 15) is 24.3 Å². The fourth-order valence-electron chi connectivity index (χ4n) is 5.07. The highest BCUT2D eigenvalue weighted by Gasteiger charge is 2.24. The summed E-state index contributed by atoms with van der Waals surface area (Å²) >= 11 is 0. The lowest BCUT2D eigenvalue weighted by molar-refractivity contribution is -0.125. The maximum Gasteiger partial charge on any atom is 0.413 e. The minimum atomic E-state index is -1.06. The zero-order chi connectivity index (χ0) is 35.6. The molecule has 2 aromatic carbocycles. The first-order chi connectivity index (χ1) is 23.4. The summed E-state index contributed by atoms with van der Waals surface area (Å²) in [7, 11) is 0. The quantitative estimate of drug-likeness (QED) is 0.0855. The Kier molecular flexibility index (Phi) is 12.4. The van der Waals surface area contributed by atoms with Gasteiger partial charge in [0.2, 0.25) is 11.8 Å². The Bertz CT molecular complexity index is 1790. The highest BCUT2D eigenvalue weighted by Crippen LogP contribution is 2.31. The normalized spacial score (nSPS) is 12.0. The van der Waals surface area contributed by atoms with Gasteiger partial charge in [0, 0.05) is 24.2 Å². The van der Waals surface area contributed by atoms with E-state index in [1.807, 2.05) is 35.8 Å². The number of carbonyl (C=O) groups excluding carboxylic acids is 4. The van der Waals surface area contributed by atoms with E-state index in [0.717, 1.165) is 5.39 Å². The number of nitrogens with one attached hydrogen (secondary N) is 4. The predicted octanol–water partition coefficient (Wildman–Crippen LogP) is 2.47. The van der Waals surface area contributed by atoms with E-state index in [2.05, 4.69) is 26.3 Å². The topological polar surface area (TPSA) is 238 Å². The third kappa shape index (κ3) is 10.3. The summed E-state index contributed by atoms with van der Waals surface area (Å²) in [6, 6.07) is 12.5. The van der Waals surface area contributed by atoms with Gasteiger partial charge in [-0.2, -0.15) is 0 Å². The van der Waals surface area contributed by atoms with Crippen LogP contribution in [0, 0.1) is 0 Å². The number of nitrogens with zero attached hydrogens (tertiary/aromatic N) is 3. The lowest BCUT2D eigenvalue weighted by Crippen LogP contribution is -2.46. The number of para-hydroxylation sites is 1. The van der Waals surface area contributed by atoms with Gasteiger partial charge in [0.1, 0.15) is 30.6 Å². The van der Waals surface area contributed by atoms with E-state index in [-0.39, 0.29) is 45.1 Å². The van der Waals surface area contributed by atoms with E-state index in [0.29, 0.717) is 46.7 Å². The number of aromatic nitrogens is 3. The number of ether oxygens (including phenoxy) is 2. The second kappa shape index (κ2) is 16.7. The lowest BCUT2D eigenvalue weighted by Gasteiger charge is -2.20. The number of pyridine rings is 1. The number of primary amides is 1. The van der Waals surface area contributed by atoms with Crippen LogP contribution in [-0.4, -0.2) is 74.9 Å². The van der Waals surface area contributed by atoms with Crippen LogP contribution in [0.15, 0.2) is 48.5 Å². The van der Waals surface area contributed by atoms with Crippen LogP contribution in [0.1, 0.15) is 45.0 Å². The van der Waals surface area contributed by atoms with Crippen molar-refractivity contribution in [2.45, 2.75) is 65.0 Å². The molecule has 0 aliphatic heterocycles. The van der Waals surface area contributed by atoms with Gasteiger partial charge in [-0.3, -0.25) is 14.9 Å². The number of anilines is 2. The van der Waals surface area contributed by atoms with Crippen LogP contribution in [0.4, 0.5) is 21.1 Å². The number of fused-ring (bicyclic) bond motifs is 3. The molecular weight excluding hydrogens is 634 g/mol. The number of carbonyl (C=O) groups is 4. The van der Waals surface area contributed by atoms with Crippen LogP contribution in [0.5, 0.6) is 0 Å². The van der Waals surface area contributed by atoms with Crippen molar-refractivity contribution in [3.05, 3.63) is 59.9 Å². The standard InChI is InChI=1S/C33H43N9O7/c1-4-48-18-25-40-27-28(42(25)19-33(2,3)47)22-8-5-6-9-23(22)39-29(27)41-32(46)49-17-20-11-13-21(14-12-20)37-30(44)24(38-26(43)16-34)10-7-15-36-31(35)45/h5-6,8-9,11-14,24,47H,4,7,10,15-19,34H2,1-3H3,(H,37,44)(H,38,43)(H3,35,36,45)(H,39,41,46). The van der Waals surface area contributed by atoms with E-state index in [1.54, 1.807) is 38.1 Å². The molecule has 4 rings (SSSR count). The third-order valence-electron chi connectivity index (χ3n) is 7.26. The molecular formula is C33H43N9O7. The molecule has 0 bridgehead atoms. The Morgan fingerprint density at radius 2 is 1.76 bits per heavy atom. The molecule has 2 aromatic heterocycles. The van der Waals surface area contributed by atoms with Crippen molar-refractivity contribution in [1.82, 2.24) is 25.2 Å². The average molecular weight is 678 g/mol. The molecule has 16 heteroatoms. The number of hydrogen-bond acceptors (Lipinski definition) is 10. The summed E-state index contributed by atoms with van der Waals surface area (Å²) in [5.74, 6) is -0.186.